The Labute approximate surface area is 136 Å². The van der Waals surface area contributed by atoms with Gasteiger partial charge in [0.2, 0.25) is 10.0 Å². The highest BCUT2D eigenvalue weighted by atomic mass is 32.2. The number of sulfonamides is 1. The average Bonchev–Trinajstić information content (AvgIpc) is 3.10. The molecule has 0 spiro atoms. The third-order valence-corrected chi connectivity index (χ3v) is 6.58. The lowest BCUT2D eigenvalue weighted by molar-refractivity contribution is 0.428. The molecule has 126 valence electrons. The quantitative estimate of drug-likeness (QED) is 0.903. The van der Waals surface area contributed by atoms with Crippen molar-refractivity contribution in [1.82, 2.24) is 14.1 Å². The number of nitrogens with zero attached hydrogens (tertiary/aromatic N) is 3. The molecule has 0 radical (unpaired) electrons. The molecule has 1 saturated heterocycles. The van der Waals surface area contributed by atoms with Crippen molar-refractivity contribution in [2.24, 2.45) is 12.8 Å². The van der Waals surface area contributed by atoms with Gasteiger partial charge in [0.25, 0.3) is 0 Å². The molecular formula is C15H22N4O3S. The van der Waals surface area contributed by atoms with Crippen molar-refractivity contribution in [3.63, 3.8) is 0 Å². The van der Waals surface area contributed by atoms with E-state index in [2.05, 4.69) is 5.10 Å². The minimum absolute atomic E-state index is 0.129. The first kappa shape index (κ1) is 16.2. The molecule has 0 aliphatic carbocycles. The summed E-state index contributed by atoms with van der Waals surface area (Å²) >= 11 is 0. The predicted molar refractivity (Wildman–Crippen MR) is 85.6 cm³/mol. The van der Waals surface area contributed by atoms with Crippen molar-refractivity contribution in [2.75, 3.05) is 13.1 Å². The molecule has 2 atom stereocenters. The van der Waals surface area contributed by atoms with Crippen LogP contribution in [0.4, 0.5) is 0 Å². The van der Waals surface area contributed by atoms with Crippen molar-refractivity contribution >= 4 is 10.0 Å². The van der Waals surface area contributed by atoms with E-state index in [0.29, 0.717) is 17.9 Å². The Balaban J connectivity index is 1.93. The normalized spacial score (nSPS) is 22.8. The Morgan fingerprint density at radius 2 is 1.96 bits per heavy atom. The Hall–Kier alpha value is -1.64. The zero-order chi connectivity index (χ0) is 16.9. The van der Waals surface area contributed by atoms with Crippen LogP contribution in [-0.4, -0.2) is 41.6 Å². The number of aromatic nitrogens is 2. The van der Waals surface area contributed by atoms with Crippen LogP contribution >= 0.6 is 0 Å². The van der Waals surface area contributed by atoms with E-state index in [1.54, 1.807) is 25.6 Å². The van der Waals surface area contributed by atoms with Crippen LogP contribution in [0.15, 0.2) is 21.4 Å². The molecule has 2 N–H and O–H groups in total. The zero-order valence-electron chi connectivity index (χ0n) is 13.8. The number of aryl methyl sites for hydroxylation is 3. The molecule has 23 heavy (non-hydrogen) atoms. The summed E-state index contributed by atoms with van der Waals surface area (Å²) in [7, 11) is -1.88. The van der Waals surface area contributed by atoms with Gasteiger partial charge in [0.05, 0.1) is 11.4 Å². The van der Waals surface area contributed by atoms with Crippen LogP contribution in [-0.2, 0) is 17.1 Å². The van der Waals surface area contributed by atoms with Crippen molar-refractivity contribution in [3.8, 4) is 0 Å². The van der Waals surface area contributed by atoms with Gasteiger partial charge in [-0.2, -0.15) is 9.40 Å². The van der Waals surface area contributed by atoms with E-state index in [-0.39, 0.29) is 23.4 Å². The molecule has 0 amide bonds. The predicted octanol–water partition coefficient (Wildman–Crippen LogP) is 1.05. The van der Waals surface area contributed by atoms with E-state index < -0.39 is 10.0 Å². The summed E-state index contributed by atoms with van der Waals surface area (Å²) in [5.74, 6) is 1.41. The third-order valence-electron chi connectivity index (χ3n) is 4.50. The number of rotatable bonds is 3. The molecule has 2 aromatic heterocycles. The molecule has 7 nitrogen and oxygen atoms in total. The number of hydrogen-bond acceptors (Lipinski definition) is 5. The third kappa shape index (κ3) is 2.60. The van der Waals surface area contributed by atoms with Gasteiger partial charge in [-0.25, -0.2) is 8.42 Å². The monoisotopic (exact) mass is 338 g/mol. The van der Waals surface area contributed by atoms with Gasteiger partial charge in [0, 0.05) is 32.1 Å². The van der Waals surface area contributed by atoms with Gasteiger partial charge in [-0.3, -0.25) is 4.68 Å². The topological polar surface area (TPSA) is 94.4 Å². The standard InChI is InChI=1S/C15H22N4O3S/c1-9-5-6-14(22-9)12-7-19(8-13(12)16)23(20,21)15-10(2)17-18(4)11(15)3/h5-6,12-13H,7-8,16H2,1-4H3/t12-,13-/m0/s1. The molecular weight excluding hydrogens is 316 g/mol. The van der Waals surface area contributed by atoms with E-state index in [1.165, 1.54) is 4.31 Å². The Morgan fingerprint density at radius 3 is 2.48 bits per heavy atom. The van der Waals surface area contributed by atoms with E-state index in [1.807, 2.05) is 19.1 Å². The lowest BCUT2D eigenvalue weighted by Gasteiger charge is -2.16. The van der Waals surface area contributed by atoms with Gasteiger partial charge >= 0.3 is 0 Å². The van der Waals surface area contributed by atoms with Gasteiger partial charge in [0.15, 0.2) is 0 Å². The first-order valence-corrected chi connectivity index (χ1v) is 8.98. The Kier molecular flexibility index (Phi) is 3.86. The number of hydrogen-bond donors (Lipinski definition) is 1. The number of nitrogens with two attached hydrogens (primary N) is 1. The highest BCUT2D eigenvalue weighted by Gasteiger charge is 2.41. The fraction of sp³-hybridized carbons (Fsp3) is 0.533. The molecule has 3 rings (SSSR count). The maximum Gasteiger partial charge on any atom is 0.246 e. The second-order valence-electron chi connectivity index (χ2n) is 6.16. The molecule has 8 heteroatoms. The van der Waals surface area contributed by atoms with Gasteiger partial charge < -0.3 is 10.2 Å². The lowest BCUT2D eigenvalue weighted by atomic mass is 10.0. The molecule has 3 heterocycles. The zero-order valence-corrected chi connectivity index (χ0v) is 14.6. The summed E-state index contributed by atoms with van der Waals surface area (Å²) in [5.41, 5.74) is 7.32. The fourth-order valence-corrected chi connectivity index (χ4v) is 5.10. The molecule has 0 aromatic carbocycles. The van der Waals surface area contributed by atoms with Crippen LogP contribution in [0.1, 0.15) is 28.8 Å². The van der Waals surface area contributed by atoms with Crippen molar-refractivity contribution in [3.05, 3.63) is 35.0 Å². The summed E-state index contributed by atoms with van der Waals surface area (Å²) in [6.45, 7) is 5.94. The van der Waals surface area contributed by atoms with Crippen LogP contribution in [0, 0.1) is 20.8 Å². The van der Waals surface area contributed by atoms with Crippen LogP contribution < -0.4 is 5.73 Å². The van der Waals surface area contributed by atoms with Crippen molar-refractivity contribution in [1.29, 1.82) is 0 Å². The van der Waals surface area contributed by atoms with E-state index in [4.69, 9.17) is 10.2 Å². The maximum absolute atomic E-state index is 13.0. The summed E-state index contributed by atoms with van der Waals surface area (Å²) in [6, 6.07) is 3.46. The molecule has 1 fully saturated rings. The van der Waals surface area contributed by atoms with Crippen LogP contribution in [0.5, 0.6) is 0 Å². The molecule has 1 aliphatic heterocycles. The molecule has 0 bridgehead atoms. The van der Waals surface area contributed by atoms with E-state index >= 15 is 0 Å². The summed E-state index contributed by atoms with van der Waals surface area (Å²) in [5, 5.41) is 4.21. The van der Waals surface area contributed by atoms with E-state index in [0.717, 1.165) is 11.5 Å². The van der Waals surface area contributed by atoms with Gasteiger partial charge in [0.1, 0.15) is 16.4 Å². The van der Waals surface area contributed by atoms with Gasteiger partial charge in [-0.05, 0) is 32.9 Å². The highest BCUT2D eigenvalue weighted by molar-refractivity contribution is 7.89. The largest absolute Gasteiger partial charge is 0.466 e. The summed E-state index contributed by atoms with van der Waals surface area (Å²) in [4.78, 5) is 0.281. The Morgan fingerprint density at radius 1 is 1.26 bits per heavy atom. The summed E-state index contributed by atoms with van der Waals surface area (Å²) in [6.07, 6.45) is 0. The highest BCUT2D eigenvalue weighted by Crippen LogP contribution is 2.33. The van der Waals surface area contributed by atoms with Gasteiger partial charge in [-0.1, -0.05) is 0 Å². The molecule has 0 saturated carbocycles. The second-order valence-corrected chi connectivity index (χ2v) is 8.04. The fourth-order valence-electron chi connectivity index (χ4n) is 3.20. The van der Waals surface area contributed by atoms with Crippen molar-refractivity contribution in [2.45, 2.75) is 37.6 Å². The second kappa shape index (κ2) is 5.47. The first-order valence-electron chi connectivity index (χ1n) is 7.54. The number of furan rings is 1. The first-order chi connectivity index (χ1) is 10.7. The van der Waals surface area contributed by atoms with Crippen LogP contribution in [0.3, 0.4) is 0 Å². The minimum atomic E-state index is -3.62. The SMILES string of the molecule is Cc1ccc([C@H]2CN(S(=O)(=O)c3c(C)nn(C)c3C)C[C@@H]2N)o1. The lowest BCUT2D eigenvalue weighted by Crippen LogP contribution is -2.32. The smallest absolute Gasteiger partial charge is 0.246 e. The van der Waals surface area contributed by atoms with E-state index in [9.17, 15) is 8.42 Å². The van der Waals surface area contributed by atoms with Gasteiger partial charge in [-0.15, -0.1) is 0 Å². The van der Waals surface area contributed by atoms with Crippen molar-refractivity contribution < 1.29 is 12.8 Å². The van der Waals surface area contributed by atoms with Crippen LogP contribution in [0.2, 0.25) is 0 Å². The molecule has 1 aliphatic rings. The molecule has 0 unspecified atom stereocenters. The molecule has 2 aromatic rings. The summed E-state index contributed by atoms with van der Waals surface area (Å²) < 4.78 is 34.7. The minimum Gasteiger partial charge on any atom is -0.466 e. The Bertz CT molecular complexity index is 837. The van der Waals surface area contributed by atoms with Crippen LogP contribution in [0.25, 0.3) is 0 Å². The average molecular weight is 338 g/mol. The maximum atomic E-state index is 13.0.